The van der Waals surface area contributed by atoms with E-state index in [9.17, 15) is 38.4 Å². The predicted molar refractivity (Wildman–Crippen MR) is 543 cm³/mol. The summed E-state index contributed by atoms with van der Waals surface area (Å²) in [6.07, 6.45) is 11.9. The maximum Gasteiger partial charge on any atom is 0.306 e. The van der Waals surface area contributed by atoms with Crippen molar-refractivity contribution in [1.82, 2.24) is 48.9 Å². The fourth-order valence-corrected chi connectivity index (χ4v) is 18.5. The van der Waals surface area contributed by atoms with E-state index in [1.807, 2.05) is 324 Å². The molecule has 0 atom stereocenters. The summed E-state index contributed by atoms with van der Waals surface area (Å²) in [5.74, 6) is 2.45. The molecule has 0 spiro atoms. The lowest BCUT2D eigenvalue weighted by Gasteiger charge is -2.36. The molecule has 722 valence electrons. The normalized spacial score (nSPS) is 13.9. The lowest BCUT2D eigenvalue weighted by atomic mass is 9.92. The summed E-state index contributed by atoms with van der Waals surface area (Å²) in [7, 11) is 13.6. The Kier molecular flexibility index (Phi) is 30.3. The van der Waals surface area contributed by atoms with Gasteiger partial charge in [-0.15, -0.1) is 0 Å². The number of carboxylic acids is 1. The third-order valence-corrected chi connectivity index (χ3v) is 25.8. The molecule has 1 saturated heterocycles. The lowest BCUT2D eigenvalue weighted by molar-refractivity contribution is -0.155. The van der Waals surface area contributed by atoms with Gasteiger partial charge in [0.2, 0.25) is 5.91 Å². The minimum absolute atomic E-state index is 0.0439. The van der Waals surface area contributed by atoms with Crippen LogP contribution in [0.5, 0.6) is 0 Å². The Balaban J connectivity index is 0.000000148. The van der Waals surface area contributed by atoms with E-state index in [1.54, 1.807) is 32.9 Å². The van der Waals surface area contributed by atoms with Gasteiger partial charge < -0.3 is 59.1 Å². The summed E-state index contributed by atoms with van der Waals surface area (Å²) in [5, 5.41) is 29.9. The molecular formula is C109H130N18O11. The smallest absolute Gasteiger partial charge is 0.306 e. The molecule has 0 saturated carbocycles. The van der Waals surface area contributed by atoms with E-state index in [0.29, 0.717) is 98.8 Å². The molecule has 9 heterocycles. The minimum atomic E-state index is -0.827. The highest BCUT2D eigenvalue weighted by Crippen LogP contribution is 2.45. The van der Waals surface area contributed by atoms with Gasteiger partial charge in [-0.2, -0.15) is 20.4 Å². The highest BCUT2D eigenvalue weighted by molar-refractivity contribution is 6.12. The SMILES string of the molecule is Cc1cc(C(=O)N2Cc3cnn(C)c3N(C)c3ccccc32)ccc1CCC(=O)N1CCN(CCC(C)(C)C)CC1.Cc1cc(C(=O)N2Cc3cnn(C)c3N(C)c3ccccc32)ccc1CCC(=O)O.Cc1cc(C(=O)N2Cc3cnn(C)c3N(C)c3ccccc32)ccc1CCC(=O)OC(C)(C)C.Cc1cc(C(=O)N2Cc3cnn(C)c3Nc3ccccc32)ccc1CCC(=O)OC(C)(C)C. The third kappa shape index (κ3) is 23.3. The van der Waals surface area contributed by atoms with Crippen molar-refractivity contribution >= 4 is 116 Å². The van der Waals surface area contributed by atoms with Crippen molar-refractivity contribution in [2.75, 3.05) is 93.5 Å². The maximum absolute atomic E-state index is 13.9. The fraction of sp³-hybridized carbons (Fsp3) is 0.376. The molecule has 0 radical (unpaired) electrons. The van der Waals surface area contributed by atoms with Gasteiger partial charge >= 0.3 is 17.9 Å². The summed E-state index contributed by atoms with van der Waals surface area (Å²) >= 11 is 0. The quantitative estimate of drug-likeness (QED) is 0.0755. The van der Waals surface area contributed by atoms with E-state index in [1.165, 1.54) is 6.42 Å². The number of anilines is 12. The Morgan fingerprint density at radius 2 is 0.667 bits per heavy atom. The number of carbonyl (C=O) groups is 8. The third-order valence-electron chi connectivity index (χ3n) is 25.8. The number of piperazine rings is 1. The second-order valence-electron chi connectivity index (χ2n) is 39.5. The van der Waals surface area contributed by atoms with Gasteiger partial charge in [0.05, 0.1) is 96.5 Å². The van der Waals surface area contributed by atoms with E-state index >= 15 is 0 Å². The number of carboxylic acid groups (broad SMARTS) is 1. The number of ether oxygens (including phenoxy) is 2. The first kappa shape index (κ1) is 99.5. The lowest BCUT2D eigenvalue weighted by Crippen LogP contribution is -2.49. The van der Waals surface area contributed by atoms with Crippen molar-refractivity contribution in [1.29, 1.82) is 0 Å². The predicted octanol–water partition coefficient (Wildman–Crippen LogP) is 18.7. The van der Waals surface area contributed by atoms with Gasteiger partial charge in [0.1, 0.15) is 34.5 Å². The number of benzene rings is 8. The van der Waals surface area contributed by atoms with Crippen LogP contribution in [-0.2, 0) is 109 Å². The molecule has 5 amide bonds. The number of rotatable bonds is 18. The maximum atomic E-state index is 13.9. The number of nitrogens with zero attached hydrogens (tertiary/aromatic N) is 17. The topological polar surface area (TPSA) is 288 Å². The van der Waals surface area contributed by atoms with Crippen LogP contribution in [0.3, 0.4) is 0 Å². The molecule has 0 unspecified atom stereocenters. The first-order valence-corrected chi connectivity index (χ1v) is 47.2. The molecule has 1 fully saturated rings. The minimum Gasteiger partial charge on any atom is -0.481 e. The highest BCUT2D eigenvalue weighted by atomic mass is 16.6. The molecule has 5 aliphatic heterocycles. The van der Waals surface area contributed by atoms with E-state index in [0.717, 1.165) is 168 Å². The number of nitrogens with one attached hydrogen (secondary N) is 1. The van der Waals surface area contributed by atoms with Crippen molar-refractivity contribution in [2.45, 2.75) is 185 Å². The molecule has 8 aromatic carbocycles. The van der Waals surface area contributed by atoms with Crippen LogP contribution in [-0.4, -0.2) is 167 Å². The molecule has 29 nitrogen and oxygen atoms in total. The molecule has 2 N–H and O–H groups in total. The van der Waals surface area contributed by atoms with Gasteiger partial charge in [0.25, 0.3) is 23.6 Å². The van der Waals surface area contributed by atoms with Crippen LogP contribution in [0.2, 0.25) is 0 Å². The number of carbonyl (C=O) groups excluding carboxylic acids is 7. The molecule has 0 aliphatic carbocycles. The molecular weight excluding hydrogens is 1740 g/mol. The molecule has 17 rings (SSSR count). The average Bonchev–Trinajstić information content (AvgIpc) is 1.64. The fourth-order valence-electron chi connectivity index (χ4n) is 18.5. The highest BCUT2D eigenvalue weighted by Gasteiger charge is 2.36. The summed E-state index contributed by atoms with van der Waals surface area (Å²) in [5.41, 5.74) is 20.9. The Hall–Kier alpha value is -14.5. The number of esters is 2. The van der Waals surface area contributed by atoms with Crippen LogP contribution in [0.4, 0.5) is 68.8 Å². The molecule has 12 aromatic rings. The number of fused-ring (bicyclic) bond motifs is 8. The molecule has 138 heavy (non-hydrogen) atoms. The van der Waals surface area contributed by atoms with Crippen molar-refractivity contribution < 1.29 is 52.9 Å². The number of amides is 5. The monoisotopic (exact) mass is 1870 g/mol. The Bertz CT molecular complexity index is 6550. The molecule has 4 aromatic heterocycles. The second-order valence-corrected chi connectivity index (χ2v) is 39.5. The standard InChI is InChI=1S/C33H44N6O2.C27H32N4O3.C26H30N4O3.C23H24N4O3/c1-24-21-26(12-11-25(24)13-14-30(40)38-19-17-37(18-20-38)16-15-33(2,3)4)32(41)39-23-27-22-34-36(6)31(27)35(5)28-9-7-8-10-29(28)39;1-18-15-20(12-11-19(18)13-14-24(32)34-27(2,3)4)26(33)31-17-21-16-28-30(6)25(21)29(5)22-9-7-8-10-23(22)31;1-17-14-19(11-10-18(17)12-13-23(31)33-26(2,3)4)25(32)30-16-20-15-27-29(5)24(20)28-21-8-6-7-9-22(21)30;1-15-12-17(9-8-16(15)10-11-21(28)29)23(30)27-14-18-13-24-26(3)22(18)25(2)19-6-4-5-7-20(19)27/h7-12,21-22H,13-20,23H2,1-6H3;7-12,15-16H,13-14,17H2,1-6H3;6-11,14-15,28H,12-13,16H2,1-5H3;4-9,12-13H,10-11,14H2,1-3H3,(H,28,29). The van der Waals surface area contributed by atoms with Gasteiger partial charge in [0, 0.05) is 146 Å². The van der Waals surface area contributed by atoms with Crippen LogP contribution in [0.1, 0.15) is 203 Å². The average molecular weight is 1870 g/mol. The van der Waals surface area contributed by atoms with Crippen molar-refractivity contribution in [3.63, 3.8) is 0 Å². The van der Waals surface area contributed by atoms with Crippen LogP contribution in [0, 0.1) is 33.1 Å². The van der Waals surface area contributed by atoms with Crippen LogP contribution < -0.4 is 39.6 Å². The van der Waals surface area contributed by atoms with Crippen molar-refractivity contribution in [3.05, 3.63) is 284 Å². The van der Waals surface area contributed by atoms with Crippen LogP contribution >= 0.6 is 0 Å². The zero-order valence-electron chi connectivity index (χ0n) is 83.3. The largest absolute Gasteiger partial charge is 0.481 e. The van der Waals surface area contributed by atoms with E-state index in [-0.39, 0.29) is 47.9 Å². The second kappa shape index (κ2) is 42.0. The van der Waals surface area contributed by atoms with Gasteiger partial charge in [-0.3, -0.25) is 62.0 Å². The number of hydrogen-bond acceptors (Lipinski definition) is 19. The van der Waals surface area contributed by atoms with E-state index in [4.69, 9.17) is 14.6 Å². The van der Waals surface area contributed by atoms with Gasteiger partial charge in [-0.1, -0.05) is 93.6 Å². The Morgan fingerprint density at radius 3 is 1.01 bits per heavy atom. The van der Waals surface area contributed by atoms with Crippen LogP contribution in [0.15, 0.2) is 195 Å². The van der Waals surface area contributed by atoms with Crippen molar-refractivity contribution in [3.8, 4) is 0 Å². The first-order valence-electron chi connectivity index (χ1n) is 47.2. The van der Waals surface area contributed by atoms with Crippen LogP contribution in [0.25, 0.3) is 0 Å². The van der Waals surface area contributed by atoms with Gasteiger partial charge in [-0.05, 0) is 255 Å². The molecule has 29 heteroatoms. The van der Waals surface area contributed by atoms with Crippen molar-refractivity contribution in [2.24, 2.45) is 33.6 Å². The zero-order valence-corrected chi connectivity index (χ0v) is 83.3. The number of aromatic nitrogens is 8. The van der Waals surface area contributed by atoms with E-state index < -0.39 is 17.2 Å². The summed E-state index contributed by atoms with van der Waals surface area (Å²) < 4.78 is 18.1. The molecule has 5 aliphatic rings. The molecule has 0 bridgehead atoms. The summed E-state index contributed by atoms with van der Waals surface area (Å²) in [6.45, 7) is 32.2. The first-order chi connectivity index (χ1) is 65.5. The Labute approximate surface area is 809 Å². The number of hydrogen-bond donors (Lipinski definition) is 2. The number of aryl methyl sites for hydroxylation is 12. The van der Waals surface area contributed by atoms with Gasteiger partial charge in [-0.25, -0.2) is 0 Å². The summed E-state index contributed by atoms with van der Waals surface area (Å²) in [4.78, 5) is 121. The van der Waals surface area contributed by atoms with Gasteiger partial charge in [0.15, 0.2) is 0 Å². The number of para-hydroxylation sites is 8. The van der Waals surface area contributed by atoms with E-state index in [2.05, 4.69) is 66.1 Å². The zero-order chi connectivity index (χ0) is 99.1. The summed E-state index contributed by atoms with van der Waals surface area (Å²) in [6, 6.07) is 54.3. The number of aliphatic carboxylic acids is 1. The Morgan fingerprint density at radius 1 is 0.362 bits per heavy atom.